The summed E-state index contributed by atoms with van der Waals surface area (Å²) in [7, 11) is 3.24. The van der Waals surface area contributed by atoms with E-state index in [1.165, 1.54) is 0 Å². The number of nitrogens with zero attached hydrogens (tertiary/aromatic N) is 4. The highest BCUT2D eigenvalue weighted by atomic mass is 16.5. The van der Waals surface area contributed by atoms with Gasteiger partial charge in [0.25, 0.3) is 0 Å². The monoisotopic (exact) mass is 461 g/mol. The molecule has 2 aromatic rings. The third-order valence-corrected chi connectivity index (χ3v) is 5.07. The zero-order valence-corrected chi connectivity index (χ0v) is 19.5. The van der Waals surface area contributed by atoms with Crippen LogP contribution in [0.3, 0.4) is 0 Å². The summed E-state index contributed by atoms with van der Waals surface area (Å²) in [6, 6.07) is 5.79. The molecule has 11 nitrogen and oxygen atoms in total. The van der Waals surface area contributed by atoms with Gasteiger partial charge in [0.1, 0.15) is 0 Å². The van der Waals surface area contributed by atoms with Crippen molar-refractivity contribution in [2.24, 2.45) is 5.73 Å². The Morgan fingerprint density at radius 3 is 2.27 bits per heavy atom. The molecule has 1 saturated heterocycles. The number of benzene rings is 1. The van der Waals surface area contributed by atoms with E-state index in [4.69, 9.17) is 24.7 Å². The predicted molar refractivity (Wildman–Crippen MR) is 127 cm³/mol. The molecule has 1 aliphatic rings. The Morgan fingerprint density at radius 1 is 0.879 bits per heavy atom. The number of hydrogen-bond acceptors (Lipinski definition) is 11. The van der Waals surface area contributed by atoms with E-state index >= 15 is 0 Å². The van der Waals surface area contributed by atoms with Gasteiger partial charge in [-0.2, -0.15) is 15.0 Å². The van der Waals surface area contributed by atoms with Crippen molar-refractivity contribution in [1.82, 2.24) is 15.0 Å². The molecule has 4 N–H and O–H groups in total. The average molecular weight is 462 g/mol. The molecule has 1 aromatic carbocycles. The van der Waals surface area contributed by atoms with Crippen molar-refractivity contribution in [2.75, 3.05) is 82.4 Å². The first kappa shape index (κ1) is 24.7. The minimum atomic E-state index is 0.514. The van der Waals surface area contributed by atoms with E-state index in [2.05, 4.69) is 30.5 Å². The molecule has 1 aromatic heterocycles. The van der Waals surface area contributed by atoms with Gasteiger partial charge in [-0.3, -0.25) is 0 Å². The number of nitrogens with one attached hydrogen (secondary N) is 2. The first-order valence-electron chi connectivity index (χ1n) is 11.3. The Morgan fingerprint density at radius 2 is 1.58 bits per heavy atom. The van der Waals surface area contributed by atoms with Gasteiger partial charge in [-0.15, -0.1) is 0 Å². The van der Waals surface area contributed by atoms with Crippen LogP contribution in [-0.2, 0) is 16.0 Å². The smallest absolute Gasteiger partial charge is 0.231 e. The number of aromatic nitrogens is 3. The Hall–Kier alpha value is -2.89. The molecular formula is C22H35N7O4. The highest BCUT2D eigenvalue weighted by Crippen LogP contribution is 2.28. The number of hydrogen-bond donors (Lipinski definition) is 3. The second kappa shape index (κ2) is 13.6. The average Bonchev–Trinajstić information content (AvgIpc) is 3.39. The topological polar surface area (TPSA) is 129 Å². The molecule has 1 aliphatic heterocycles. The third-order valence-electron chi connectivity index (χ3n) is 5.07. The van der Waals surface area contributed by atoms with Gasteiger partial charge in [-0.25, -0.2) is 0 Å². The number of nitrogens with two attached hydrogens (primary N) is 1. The summed E-state index contributed by atoms with van der Waals surface area (Å²) < 4.78 is 21.6. The van der Waals surface area contributed by atoms with Gasteiger partial charge >= 0.3 is 0 Å². The second-order valence-corrected chi connectivity index (χ2v) is 7.46. The van der Waals surface area contributed by atoms with Crippen LogP contribution in [0.4, 0.5) is 17.8 Å². The number of ether oxygens (including phenoxy) is 4. The highest BCUT2D eigenvalue weighted by Gasteiger charge is 2.17. The molecule has 0 unspecified atom stereocenters. The largest absolute Gasteiger partial charge is 0.493 e. The van der Waals surface area contributed by atoms with Crippen molar-refractivity contribution in [1.29, 1.82) is 0 Å². The van der Waals surface area contributed by atoms with Gasteiger partial charge < -0.3 is 40.2 Å². The summed E-state index contributed by atoms with van der Waals surface area (Å²) in [4.78, 5) is 15.9. The van der Waals surface area contributed by atoms with Crippen molar-refractivity contribution >= 4 is 17.8 Å². The first-order chi connectivity index (χ1) is 16.2. The maximum Gasteiger partial charge on any atom is 0.231 e. The Kier molecular flexibility index (Phi) is 10.2. The van der Waals surface area contributed by atoms with E-state index < -0.39 is 0 Å². The SMILES string of the molecule is COc1ccc(CNc2nc(NCCOCCOCCN)nc(N3CCCC3)n2)cc1OC. The van der Waals surface area contributed by atoms with Gasteiger partial charge in [0.2, 0.25) is 17.8 Å². The molecule has 0 amide bonds. The fourth-order valence-corrected chi connectivity index (χ4v) is 3.39. The molecule has 2 heterocycles. The Balaban J connectivity index is 1.59. The van der Waals surface area contributed by atoms with Crippen molar-refractivity contribution < 1.29 is 18.9 Å². The molecule has 0 bridgehead atoms. The first-order valence-corrected chi connectivity index (χ1v) is 11.3. The second-order valence-electron chi connectivity index (χ2n) is 7.46. The van der Waals surface area contributed by atoms with Gasteiger partial charge in [0.05, 0.1) is 40.6 Å². The molecule has 0 aliphatic carbocycles. The lowest BCUT2D eigenvalue weighted by atomic mass is 10.2. The lowest BCUT2D eigenvalue weighted by molar-refractivity contribution is 0.0547. The quantitative estimate of drug-likeness (QED) is 0.334. The molecule has 1 fully saturated rings. The zero-order valence-electron chi connectivity index (χ0n) is 19.5. The Bertz CT molecular complexity index is 849. The molecule has 11 heteroatoms. The van der Waals surface area contributed by atoms with Crippen LogP contribution in [0.15, 0.2) is 18.2 Å². The van der Waals surface area contributed by atoms with E-state index in [0.717, 1.165) is 31.5 Å². The van der Waals surface area contributed by atoms with E-state index in [9.17, 15) is 0 Å². The number of anilines is 3. The maximum atomic E-state index is 5.56. The minimum absolute atomic E-state index is 0.514. The number of rotatable bonds is 15. The normalized spacial score (nSPS) is 13.2. The standard InChI is InChI=1S/C22H35N7O4/c1-30-18-6-5-17(15-19(18)31-2)16-25-21-26-20(24-8-12-33-14-13-32-11-7-23)27-22(28-21)29-9-3-4-10-29/h5-6,15H,3-4,7-14,16,23H2,1-2H3,(H2,24,25,26,27,28). The summed E-state index contributed by atoms with van der Waals surface area (Å²) in [5, 5.41) is 6.53. The van der Waals surface area contributed by atoms with E-state index in [0.29, 0.717) is 75.4 Å². The van der Waals surface area contributed by atoms with Crippen molar-refractivity contribution in [3.8, 4) is 11.5 Å². The highest BCUT2D eigenvalue weighted by molar-refractivity contribution is 5.46. The molecule has 0 radical (unpaired) electrons. The van der Waals surface area contributed by atoms with E-state index in [-0.39, 0.29) is 0 Å². The van der Waals surface area contributed by atoms with Crippen molar-refractivity contribution in [3.05, 3.63) is 23.8 Å². The molecule has 0 atom stereocenters. The van der Waals surface area contributed by atoms with Crippen molar-refractivity contribution in [3.63, 3.8) is 0 Å². The van der Waals surface area contributed by atoms with Gasteiger partial charge in [-0.05, 0) is 30.5 Å². The van der Waals surface area contributed by atoms with Crippen molar-refractivity contribution in [2.45, 2.75) is 19.4 Å². The molecule has 182 valence electrons. The summed E-state index contributed by atoms with van der Waals surface area (Å²) in [5.74, 6) is 3.08. The molecule has 0 spiro atoms. The van der Waals surface area contributed by atoms with Gasteiger partial charge in [-0.1, -0.05) is 6.07 Å². The summed E-state index contributed by atoms with van der Waals surface area (Å²) in [6.45, 7) is 5.65. The van der Waals surface area contributed by atoms with Crippen LogP contribution in [0, 0.1) is 0 Å². The Labute approximate surface area is 195 Å². The lowest BCUT2D eigenvalue weighted by Gasteiger charge is -2.17. The van der Waals surface area contributed by atoms with Gasteiger partial charge in [0, 0.05) is 32.7 Å². The maximum absolute atomic E-state index is 5.56. The van der Waals surface area contributed by atoms with E-state index in [1.54, 1.807) is 14.2 Å². The summed E-state index contributed by atoms with van der Waals surface area (Å²) in [5.41, 5.74) is 6.41. The minimum Gasteiger partial charge on any atom is -0.493 e. The van der Waals surface area contributed by atoms with Crippen LogP contribution < -0.4 is 30.7 Å². The number of methoxy groups -OCH3 is 2. The van der Waals surface area contributed by atoms with Crippen LogP contribution in [-0.4, -0.2) is 81.8 Å². The summed E-state index contributed by atoms with van der Waals surface area (Å²) >= 11 is 0. The molecule has 0 saturated carbocycles. The van der Waals surface area contributed by atoms with Crippen LogP contribution in [0.25, 0.3) is 0 Å². The third kappa shape index (κ3) is 7.88. The lowest BCUT2D eigenvalue weighted by Crippen LogP contribution is -2.23. The molecular weight excluding hydrogens is 426 g/mol. The van der Waals surface area contributed by atoms with Crippen LogP contribution in [0.2, 0.25) is 0 Å². The predicted octanol–water partition coefficient (Wildman–Crippen LogP) is 1.50. The van der Waals surface area contributed by atoms with Crippen LogP contribution in [0.5, 0.6) is 11.5 Å². The van der Waals surface area contributed by atoms with Gasteiger partial charge in [0.15, 0.2) is 11.5 Å². The fraction of sp³-hybridized carbons (Fsp3) is 0.591. The summed E-state index contributed by atoms with van der Waals surface area (Å²) in [6.07, 6.45) is 2.28. The fourth-order valence-electron chi connectivity index (χ4n) is 3.39. The molecule has 3 rings (SSSR count). The van der Waals surface area contributed by atoms with Crippen LogP contribution in [0.1, 0.15) is 18.4 Å². The molecule has 33 heavy (non-hydrogen) atoms. The zero-order chi connectivity index (χ0) is 23.3. The van der Waals surface area contributed by atoms with E-state index in [1.807, 2.05) is 18.2 Å². The van der Waals surface area contributed by atoms with Crippen LogP contribution >= 0.6 is 0 Å².